The number of aromatic nitrogens is 2. The maximum absolute atomic E-state index is 5.70. The molecule has 19 heavy (non-hydrogen) atoms. The van der Waals surface area contributed by atoms with Gasteiger partial charge < -0.3 is 20.1 Å². The number of rotatable bonds is 4. The second-order valence-electron chi connectivity index (χ2n) is 4.75. The molecule has 1 fully saturated rings. The molecular weight excluding hydrogens is 244 g/mol. The first kappa shape index (κ1) is 14.0. The van der Waals surface area contributed by atoms with Crippen molar-refractivity contribution in [3.63, 3.8) is 0 Å². The molecule has 2 rings (SSSR count). The Morgan fingerprint density at radius 1 is 1.53 bits per heavy atom. The van der Waals surface area contributed by atoms with E-state index in [1.807, 2.05) is 13.8 Å². The van der Waals surface area contributed by atoms with Gasteiger partial charge in [0, 0.05) is 13.1 Å². The van der Waals surface area contributed by atoms with Crippen LogP contribution in [0.1, 0.15) is 19.4 Å². The fraction of sp³-hybridized carbons (Fsp3) is 0.692. The van der Waals surface area contributed by atoms with E-state index in [1.54, 1.807) is 6.33 Å². The molecule has 2 N–H and O–H groups in total. The zero-order chi connectivity index (χ0) is 13.8. The van der Waals surface area contributed by atoms with Gasteiger partial charge in [-0.25, -0.2) is 9.97 Å². The van der Waals surface area contributed by atoms with Gasteiger partial charge in [-0.2, -0.15) is 0 Å². The van der Waals surface area contributed by atoms with Crippen LogP contribution in [0, 0.1) is 6.92 Å². The van der Waals surface area contributed by atoms with Gasteiger partial charge in [-0.15, -0.1) is 0 Å². The Morgan fingerprint density at radius 2 is 2.32 bits per heavy atom. The van der Waals surface area contributed by atoms with Crippen molar-refractivity contribution >= 4 is 5.82 Å². The Bertz CT molecular complexity index is 427. The average Bonchev–Trinajstić information content (AvgIpc) is 2.42. The third kappa shape index (κ3) is 2.96. The van der Waals surface area contributed by atoms with Crippen molar-refractivity contribution in [3.8, 4) is 5.88 Å². The van der Waals surface area contributed by atoms with E-state index in [0.29, 0.717) is 25.6 Å². The van der Waals surface area contributed by atoms with Crippen molar-refractivity contribution in [3.05, 3.63) is 11.9 Å². The van der Waals surface area contributed by atoms with Gasteiger partial charge in [0.05, 0.1) is 30.9 Å². The quantitative estimate of drug-likeness (QED) is 0.866. The molecule has 1 saturated heterocycles. The van der Waals surface area contributed by atoms with Gasteiger partial charge in [-0.1, -0.05) is 0 Å². The molecule has 0 radical (unpaired) electrons. The van der Waals surface area contributed by atoms with Crippen molar-refractivity contribution in [1.82, 2.24) is 9.97 Å². The summed E-state index contributed by atoms with van der Waals surface area (Å²) >= 11 is 0. The molecule has 6 heteroatoms. The molecule has 1 aromatic heterocycles. The van der Waals surface area contributed by atoms with E-state index in [0.717, 1.165) is 17.9 Å². The summed E-state index contributed by atoms with van der Waals surface area (Å²) < 4.78 is 11.2. The normalized spacial score (nSPS) is 23.5. The van der Waals surface area contributed by atoms with Crippen molar-refractivity contribution in [2.75, 3.05) is 31.2 Å². The Kier molecular flexibility index (Phi) is 4.55. The van der Waals surface area contributed by atoms with E-state index >= 15 is 0 Å². The predicted octanol–water partition coefficient (Wildman–Crippen LogP) is 0.736. The van der Waals surface area contributed by atoms with E-state index < -0.39 is 0 Å². The Hall–Kier alpha value is -1.40. The van der Waals surface area contributed by atoms with Crippen LogP contribution in [0.2, 0.25) is 0 Å². The molecule has 2 heterocycles. The largest absolute Gasteiger partial charge is 0.478 e. The van der Waals surface area contributed by atoms with Gasteiger partial charge in [-0.3, -0.25) is 0 Å². The number of morpholine rings is 1. The molecular formula is C13H22N4O2. The first-order valence-corrected chi connectivity index (χ1v) is 6.70. The first-order valence-electron chi connectivity index (χ1n) is 6.70. The van der Waals surface area contributed by atoms with Crippen LogP contribution >= 0.6 is 0 Å². The number of nitrogens with zero attached hydrogens (tertiary/aromatic N) is 3. The minimum absolute atomic E-state index is 0.0566. The van der Waals surface area contributed by atoms with Crippen molar-refractivity contribution in [1.29, 1.82) is 0 Å². The number of anilines is 1. The van der Waals surface area contributed by atoms with Crippen LogP contribution in [0.15, 0.2) is 6.33 Å². The summed E-state index contributed by atoms with van der Waals surface area (Å²) in [4.78, 5) is 10.8. The molecule has 0 spiro atoms. The third-order valence-corrected chi connectivity index (χ3v) is 3.33. The molecule has 2 atom stereocenters. The van der Waals surface area contributed by atoms with Crippen LogP contribution in [0.4, 0.5) is 5.82 Å². The van der Waals surface area contributed by atoms with Gasteiger partial charge in [0.15, 0.2) is 0 Å². The standard InChI is InChI=1S/C13H22N4O2/c1-4-18-13-10(3)12(15-8-16-13)17-6-11(5-14)19-7-9(17)2/h8-9,11H,4-7,14H2,1-3H3. The molecule has 1 aliphatic heterocycles. The minimum Gasteiger partial charge on any atom is -0.478 e. The summed E-state index contributed by atoms with van der Waals surface area (Å²) in [7, 11) is 0. The summed E-state index contributed by atoms with van der Waals surface area (Å²) in [6.45, 7) is 8.58. The van der Waals surface area contributed by atoms with Crippen LogP contribution in [-0.4, -0.2) is 48.4 Å². The zero-order valence-corrected chi connectivity index (χ0v) is 11.8. The molecule has 2 unspecified atom stereocenters. The predicted molar refractivity (Wildman–Crippen MR) is 73.5 cm³/mol. The first-order chi connectivity index (χ1) is 9.17. The van der Waals surface area contributed by atoms with Gasteiger partial charge in [0.1, 0.15) is 12.1 Å². The van der Waals surface area contributed by atoms with Gasteiger partial charge in [0.25, 0.3) is 0 Å². The number of hydrogen-bond acceptors (Lipinski definition) is 6. The molecule has 1 aromatic rings. The number of ether oxygens (including phenoxy) is 2. The van der Waals surface area contributed by atoms with Crippen LogP contribution < -0.4 is 15.4 Å². The highest BCUT2D eigenvalue weighted by Gasteiger charge is 2.28. The summed E-state index contributed by atoms with van der Waals surface area (Å²) in [5.74, 6) is 1.56. The summed E-state index contributed by atoms with van der Waals surface area (Å²) in [5.41, 5.74) is 6.66. The van der Waals surface area contributed by atoms with Crippen LogP contribution in [0.3, 0.4) is 0 Å². The van der Waals surface area contributed by atoms with Crippen molar-refractivity contribution in [2.45, 2.75) is 32.9 Å². The molecule has 0 saturated carbocycles. The highest BCUT2D eigenvalue weighted by molar-refractivity contribution is 5.51. The molecule has 0 aliphatic carbocycles. The molecule has 0 amide bonds. The van der Waals surface area contributed by atoms with E-state index in [2.05, 4.69) is 21.8 Å². The number of hydrogen-bond donors (Lipinski definition) is 1. The highest BCUT2D eigenvalue weighted by atomic mass is 16.5. The molecule has 1 aliphatic rings. The maximum atomic E-state index is 5.70. The lowest BCUT2D eigenvalue weighted by Crippen LogP contribution is -2.51. The summed E-state index contributed by atoms with van der Waals surface area (Å²) in [6, 6.07) is 0.269. The van der Waals surface area contributed by atoms with Crippen molar-refractivity contribution < 1.29 is 9.47 Å². The van der Waals surface area contributed by atoms with Crippen molar-refractivity contribution in [2.24, 2.45) is 5.73 Å². The van der Waals surface area contributed by atoms with E-state index in [1.165, 1.54) is 0 Å². The summed E-state index contributed by atoms with van der Waals surface area (Å²) in [5, 5.41) is 0. The van der Waals surface area contributed by atoms with Gasteiger partial charge in [0.2, 0.25) is 5.88 Å². The van der Waals surface area contributed by atoms with Crippen LogP contribution in [-0.2, 0) is 4.74 Å². The molecule has 106 valence electrons. The van der Waals surface area contributed by atoms with E-state index in [9.17, 15) is 0 Å². The lowest BCUT2D eigenvalue weighted by Gasteiger charge is -2.39. The average molecular weight is 266 g/mol. The molecule has 0 aromatic carbocycles. The Balaban J connectivity index is 2.26. The van der Waals surface area contributed by atoms with Gasteiger partial charge >= 0.3 is 0 Å². The van der Waals surface area contributed by atoms with E-state index in [4.69, 9.17) is 15.2 Å². The number of nitrogens with two attached hydrogens (primary N) is 1. The topological polar surface area (TPSA) is 73.5 Å². The molecule has 0 bridgehead atoms. The van der Waals surface area contributed by atoms with Gasteiger partial charge in [-0.05, 0) is 20.8 Å². The molecule has 6 nitrogen and oxygen atoms in total. The highest BCUT2D eigenvalue weighted by Crippen LogP contribution is 2.27. The van der Waals surface area contributed by atoms with Crippen LogP contribution in [0.25, 0.3) is 0 Å². The zero-order valence-electron chi connectivity index (χ0n) is 11.8. The second kappa shape index (κ2) is 6.16. The SMILES string of the molecule is CCOc1ncnc(N2CC(CN)OCC2C)c1C. The fourth-order valence-corrected chi connectivity index (χ4v) is 2.25. The Labute approximate surface area is 113 Å². The lowest BCUT2D eigenvalue weighted by atomic mass is 10.1. The third-order valence-electron chi connectivity index (χ3n) is 3.33. The van der Waals surface area contributed by atoms with Crippen LogP contribution in [0.5, 0.6) is 5.88 Å². The lowest BCUT2D eigenvalue weighted by molar-refractivity contribution is 0.0279. The maximum Gasteiger partial charge on any atom is 0.221 e. The Morgan fingerprint density at radius 3 is 3.00 bits per heavy atom. The smallest absolute Gasteiger partial charge is 0.221 e. The fourth-order valence-electron chi connectivity index (χ4n) is 2.25. The minimum atomic E-state index is 0.0566. The van der Waals surface area contributed by atoms with E-state index in [-0.39, 0.29) is 12.1 Å². The monoisotopic (exact) mass is 266 g/mol. The summed E-state index contributed by atoms with van der Waals surface area (Å²) in [6.07, 6.45) is 1.61. The second-order valence-corrected chi connectivity index (χ2v) is 4.75.